The molecular weight excluding hydrogens is 318 g/mol. The Labute approximate surface area is 148 Å². The van der Waals surface area contributed by atoms with Crippen LogP contribution in [0.4, 0.5) is 5.69 Å². The molecule has 0 radical (unpaired) electrons. The number of aromatic nitrogens is 1. The fourth-order valence-corrected chi connectivity index (χ4v) is 4.32. The predicted molar refractivity (Wildman–Crippen MR) is 101 cm³/mol. The van der Waals surface area contributed by atoms with E-state index in [1.807, 2.05) is 36.5 Å². The number of benzene rings is 1. The molecule has 0 aliphatic carbocycles. The quantitative estimate of drug-likeness (QED) is 0.834. The van der Waals surface area contributed by atoms with Crippen molar-refractivity contribution in [2.45, 2.75) is 45.2 Å². The van der Waals surface area contributed by atoms with Crippen LogP contribution in [0.2, 0.25) is 0 Å². The Hall–Kier alpha value is -1.88. The molecule has 1 aromatic carbocycles. The van der Waals surface area contributed by atoms with Crippen molar-refractivity contribution < 1.29 is 4.79 Å². The van der Waals surface area contributed by atoms with Crippen LogP contribution in [0.5, 0.6) is 0 Å². The maximum atomic E-state index is 12.9. The van der Waals surface area contributed by atoms with Crippen LogP contribution in [0.1, 0.15) is 43.6 Å². The van der Waals surface area contributed by atoms with Crippen LogP contribution >= 0.6 is 11.3 Å². The molecule has 1 saturated heterocycles. The Morgan fingerprint density at radius 1 is 1.21 bits per heavy atom. The SMILES string of the molecule is CC1CCCC(C)N1C(=O)c1csc(-c2ccccc2N(C)C)n1. The number of likely N-dealkylation sites (tertiary alicyclic amines) is 1. The summed E-state index contributed by atoms with van der Waals surface area (Å²) < 4.78 is 0. The Morgan fingerprint density at radius 3 is 2.54 bits per heavy atom. The van der Waals surface area contributed by atoms with Crippen LogP contribution in [0.25, 0.3) is 10.6 Å². The number of rotatable bonds is 3. The van der Waals surface area contributed by atoms with Crippen LogP contribution in [0, 0.1) is 0 Å². The fraction of sp³-hybridized carbons (Fsp3) is 0.474. The van der Waals surface area contributed by atoms with E-state index >= 15 is 0 Å². The number of carbonyl (C=O) groups excluding carboxylic acids is 1. The average molecular weight is 343 g/mol. The van der Waals surface area contributed by atoms with E-state index in [2.05, 4.69) is 35.9 Å². The highest BCUT2D eigenvalue weighted by atomic mass is 32.1. The van der Waals surface area contributed by atoms with Gasteiger partial charge in [-0.05, 0) is 45.2 Å². The Morgan fingerprint density at radius 2 is 1.88 bits per heavy atom. The summed E-state index contributed by atoms with van der Waals surface area (Å²) >= 11 is 1.54. The predicted octanol–water partition coefficient (Wildman–Crippen LogP) is 4.28. The highest BCUT2D eigenvalue weighted by molar-refractivity contribution is 7.13. The molecule has 5 heteroatoms. The summed E-state index contributed by atoms with van der Waals surface area (Å²) in [5, 5.41) is 2.80. The summed E-state index contributed by atoms with van der Waals surface area (Å²) in [7, 11) is 4.05. The Balaban J connectivity index is 1.90. The summed E-state index contributed by atoms with van der Waals surface area (Å²) in [5.41, 5.74) is 2.76. The smallest absolute Gasteiger partial charge is 0.273 e. The van der Waals surface area contributed by atoms with Crippen molar-refractivity contribution in [3.8, 4) is 10.6 Å². The normalized spacial score (nSPS) is 20.9. The highest BCUT2D eigenvalue weighted by Gasteiger charge is 2.31. The molecule has 128 valence electrons. The Kier molecular flexibility index (Phi) is 4.90. The lowest BCUT2D eigenvalue weighted by atomic mass is 9.97. The third-order valence-electron chi connectivity index (χ3n) is 4.77. The lowest BCUT2D eigenvalue weighted by molar-refractivity contribution is 0.0505. The molecule has 2 heterocycles. The largest absolute Gasteiger partial charge is 0.377 e. The second kappa shape index (κ2) is 6.93. The van der Waals surface area contributed by atoms with Gasteiger partial charge in [0.15, 0.2) is 0 Å². The second-order valence-electron chi connectivity index (χ2n) is 6.79. The van der Waals surface area contributed by atoms with E-state index in [0.717, 1.165) is 29.1 Å². The van der Waals surface area contributed by atoms with Crippen molar-refractivity contribution in [3.63, 3.8) is 0 Å². The summed E-state index contributed by atoms with van der Waals surface area (Å²) in [6.07, 6.45) is 3.36. The first kappa shape index (κ1) is 17.0. The van der Waals surface area contributed by atoms with Crippen molar-refractivity contribution in [3.05, 3.63) is 35.3 Å². The van der Waals surface area contributed by atoms with Crippen molar-refractivity contribution in [1.29, 1.82) is 0 Å². The molecule has 1 aromatic heterocycles. The molecule has 4 nitrogen and oxygen atoms in total. The van der Waals surface area contributed by atoms with E-state index in [1.165, 1.54) is 6.42 Å². The number of anilines is 1. The van der Waals surface area contributed by atoms with E-state index in [9.17, 15) is 4.79 Å². The van der Waals surface area contributed by atoms with Gasteiger partial charge in [-0.2, -0.15) is 0 Å². The van der Waals surface area contributed by atoms with E-state index < -0.39 is 0 Å². The minimum Gasteiger partial charge on any atom is -0.377 e. The highest BCUT2D eigenvalue weighted by Crippen LogP contribution is 2.33. The van der Waals surface area contributed by atoms with Crippen LogP contribution in [-0.4, -0.2) is 42.0 Å². The minimum atomic E-state index is 0.0690. The van der Waals surface area contributed by atoms with E-state index in [0.29, 0.717) is 17.8 Å². The lowest BCUT2D eigenvalue weighted by Gasteiger charge is -2.38. The Bertz CT molecular complexity index is 715. The molecule has 0 bridgehead atoms. The molecule has 0 saturated carbocycles. The van der Waals surface area contributed by atoms with Crippen molar-refractivity contribution >= 4 is 22.9 Å². The fourth-order valence-electron chi connectivity index (χ4n) is 3.49. The first-order chi connectivity index (χ1) is 11.5. The standard InChI is InChI=1S/C19H25N3OS/c1-13-8-7-9-14(2)22(13)19(23)16-12-24-18(20-16)15-10-5-6-11-17(15)21(3)4/h5-6,10-14H,7-9H2,1-4H3. The summed E-state index contributed by atoms with van der Waals surface area (Å²) in [5.74, 6) is 0.0690. The number of hydrogen-bond acceptors (Lipinski definition) is 4. The number of amides is 1. The zero-order valence-electron chi connectivity index (χ0n) is 14.8. The van der Waals surface area contributed by atoms with Gasteiger partial charge in [-0.3, -0.25) is 4.79 Å². The van der Waals surface area contributed by atoms with Crippen LogP contribution in [-0.2, 0) is 0 Å². The number of para-hydroxylation sites is 1. The number of carbonyl (C=O) groups is 1. The second-order valence-corrected chi connectivity index (χ2v) is 7.65. The molecule has 2 unspecified atom stereocenters. The maximum absolute atomic E-state index is 12.9. The van der Waals surface area contributed by atoms with Gasteiger partial charge in [0, 0.05) is 42.8 Å². The molecule has 1 fully saturated rings. The van der Waals surface area contributed by atoms with E-state index in [1.54, 1.807) is 11.3 Å². The van der Waals surface area contributed by atoms with Gasteiger partial charge in [0.25, 0.3) is 5.91 Å². The molecule has 1 amide bonds. The van der Waals surface area contributed by atoms with Gasteiger partial charge in [0.2, 0.25) is 0 Å². The summed E-state index contributed by atoms with van der Waals surface area (Å²) in [6.45, 7) is 4.28. The lowest BCUT2D eigenvalue weighted by Crippen LogP contribution is -2.47. The summed E-state index contributed by atoms with van der Waals surface area (Å²) in [6, 6.07) is 8.76. The zero-order chi connectivity index (χ0) is 17.3. The molecule has 2 atom stereocenters. The van der Waals surface area contributed by atoms with Crippen LogP contribution in [0.15, 0.2) is 29.6 Å². The molecule has 0 spiro atoms. The van der Waals surface area contributed by atoms with E-state index in [4.69, 9.17) is 0 Å². The molecule has 24 heavy (non-hydrogen) atoms. The zero-order valence-corrected chi connectivity index (χ0v) is 15.6. The number of thiazole rings is 1. The molecule has 1 aliphatic heterocycles. The van der Waals surface area contributed by atoms with Gasteiger partial charge in [-0.15, -0.1) is 11.3 Å². The van der Waals surface area contributed by atoms with Gasteiger partial charge in [-0.25, -0.2) is 4.98 Å². The maximum Gasteiger partial charge on any atom is 0.273 e. The average Bonchev–Trinajstić information content (AvgIpc) is 3.04. The molecule has 2 aromatic rings. The van der Waals surface area contributed by atoms with Crippen LogP contribution < -0.4 is 4.90 Å². The van der Waals surface area contributed by atoms with E-state index in [-0.39, 0.29) is 5.91 Å². The topological polar surface area (TPSA) is 36.4 Å². The van der Waals surface area contributed by atoms with Crippen molar-refractivity contribution in [2.24, 2.45) is 0 Å². The third-order valence-corrected chi connectivity index (χ3v) is 5.64. The van der Waals surface area contributed by atoms with Gasteiger partial charge in [0.05, 0.1) is 0 Å². The van der Waals surface area contributed by atoms with Gasteiger partial charge in [-0.1, -0.05) is 12.1 Å². The van der Waals surface area contributed by atoms with Gasteiger partial charge < -0.3 is 9.80 Å². The monoisotopic (exact) mass is 343 g/mol. The number of hydrogen-bond donors (Lipinski definition) is 0. The molecular formula is C19H25N3OS. The third kappa shape index (κ3) is 3.18. The van der Waals surface area contributed by atoms with Gasteiger partial charge in [0.1, 0.15) is 10.7 Å². The first-order valence-corrected chi connectivity index (χ1v) is 9.42. The minimum absolute atomic E-state index is 0.0690. The van der Waals surface area contributed by atoms with Crippen molar-refractivity contribution in [1.82, 2.24) is 9.88 Å². The number of piperidine rings is 1. The molecule has 3 rings (SSSR count). The summed E-state index contributed by atoms with van der Waals surface area (Å²) in [4.78, 5) is 21.7. The molecule has 1 aliphatic rings. The number of nitrogens with zero attached hydrogens (tertiary/aromatic N) is 3. The van der Waals surface area contributed by atoms with Crippen molar-refractivity contribution in [2.75, 3.05) is 19.0 Å². The van der Waals surface area contributed by atoms with Crippen LogP contribution in [0.3, 0.4) is 0 Å². The molecule has 0 N–H and O–H groups in total. The van der Waals surface area contributed by atoms with Gasteiger partial charge >= 0.3 is 0 Å². The first-order valence-electron chi connectivity index (χ1n) is 8.54.